The molecule has 0 aliphatic rings. The van der Waals surface area contributed by atoms with Gasteiger partial charge in [-0.25, -0.2) is 8.42 Å². The van der Waals surface area contributed by atoms with Crippen molar-refractivity contribution in [2.45, 2.75) is 11.8 Å². The topological polar surface area (TPSA) is 84.9 Å². The summed E-state index contributed by atoms with van der Waals surface area (Å²) in [6, 6.07) is 20.0. The van der Waals surface area contributed by atoms with E-state index in [1.165, 1.54) is 15.7 Å². The molecule has 0 saturated carbocycles. The molecule has 0 spiro atoms. The zero-order chi connectivity index (χ0) is 22.1. The van der Waals surface area contributed by atoms with Gasteiger partial charge in [0.15, 0.2) is 15.1 Å². The molecule has 160 valence electrons. The molecule has 8 heteroatoms. The molecule has 0 N–H and O–H groups in total. The number of hydrogen-bond acceptors (Lipinski definition) is 6. The van der Waals surface area contributed by atoms with Crippen LogP contribution in [-0.4, -0.2) is 34.3 Å². The second kappa shape index (κ2) is 11.2. The summed E-state index contributed by atoms with van der Waals surface area (Å²) in [5.74, 6) is 2.40. The van der Waals surface area contributed by atoms with Crippen molar-refractivity contribution in [3.05, 3.63) is 79.4 Å². The smallest absolute Gasteiger partial charge is 0.366 e. The molecule has 30 heavy (non-hydrogen) atoms. The first-order valence-corrected chi connectivity index (χ1v) is 12.4. The van der Waals surface area contributed by atoms with Gasteiger partial charge in [0, 0.05) is 12.1 Å². The van der Waals surface area contributed by atoms with Crippen LogP contribution in [0.15, 0.2) is 71.6 Å². The van der Waals surface area contributed by atoms with Crippen LogP contribution < -0.4 is 35.4 Å². The van der Waals surface area contributed by atoms with Gasteiger partial charge in [0.2, 0.25) is 0 Å². The van der Waals surface area contributed by atoms with Gasteiger partial charge in [0.05, 0.1) is 26.2 Å². The molecular weight excluding hydrogens is 519 g/mol. The molecule has 0 fully saturated rings. The van der Waals surface area contributed by atoms with Crippen molar-refractivity contribution in [1.29, 1.82) is 0 Å². The third-order valence-electron chi connectivity index (χ3n) is 3.90. The number of benzene rings is 3. The molecule has 0 saturated heterocycles. The van der Waals surface area contributed by atoms with Crippen molar-refractivity contribution in [3.8, 4) is 17.2 Å². The fourth-order valence-corrected chi connectivity index (χ4v) is 5.50. The van der Waals surface area contributed by atoms with Crippen molar-refractivity contribution >= 4 is 10.1 Å². The predicted octanol–water partition coefficient (Wildman–Crippen LogP) is 0.740. The highest BCUT2D eigenvalue weighted by Crippen LogP contribution is 2.27. The Labute approximate surface area is 187 Å². The minimum atomic E-state index is -4.27. The van der Waals surface area contributed by atoms with Gasteiger partial charge < -0.3 is 18.8 Å². The standard InChI is InChI=1S/C15H16IO3.C7H8O3S/c1-17-12-9-13(18-2)15(14(10-12)19-3)16-11-7-5-4-6-8-11;1-6-2-4-7(5-3-6)11(8,9)10/h4-10H,1-3H3;2-5H,1H3,(H,8,9,10)/q+1;/p-1. The first-order valence-electron chi connectivity index (χ1n) is 8.81. The van der Waals surface area contributed by atoms with Crippen molar-refractivity contribution < 1.29 is 48.4 Å². The van der Waals surface area contributed by atoms with E-state index >= 15 is 0 Å². The maximum absolute atomic E-state index is 10.4. The average Bonchev–Trinajstić information content (AvgIpc) is 2.74. The van der Waals surface area contributed by atoms with Crippen LogP contribution >= 0.6 is 0 Å². The third kappa shape index (κ3) is 6.89. The van der Waals surface area contributed by atoms with E-state index in [9.17, 15) is 13.0 Å². The summed E-state index contributed by atoms with van der Waals surface area (Å²) in [5.41, 5.74) is 0.928. The van der Waals surface area contributed by atoms with Gasteiger partial charge in [-0.3, -0.25) is 0 Å². The van der Waals surface area contributed by atoms with E-state index in [0.29, 0.717) is 0 Å². The van der Waals surface area contributed by atoms with Crippen LogP contribution in [0.3, 0.4) is 0 Å². The molecule has 0 amide bonds. The van der Waals surface area contributed by atoms with Crippen LogP contribution in [0, 0.1) is 14.1 Å². The summed E-state index contributed by atoms with van der Waals surface area (Å²) in [6.45, 7) is 1.82. The Morgan fingerprint density at radius 3 is 1.77 bits per heavy atom. The molecule has 0 aliphatic carbocycles. The quantitative estimate of drug-likeness (QED) is 0.338. The maximum Gasteiger partial charge on any atom is 0.366 e. The van der Waals surface area contributed by atoms with Gasteiger partial charge in [-0.05, 0) is 31.2 Å². The molecule has 0 bridgehead atoms. The molecule has 0 radical (unpaired) electrons. The highest BCUT2D eigenvalue weighted by Gasteiger charge is 2.27. The Bertz CT molecular complexity index is 1030. The molecule has 0 atom stereocenters. The first kappa shape index (κ1) is 24.0. The maximum atomic E-state index is 10.4. The van der Waals surface area contributed by atoms with E-state index in [1.807, 2.05) is 25.1 Å². The number of hydrogen-bond donors (Lipinski definition) is 0. The summed E-state index contributed by atoms with van der Waals surface area (Å²) in [4.78, 5) is -0.178. The lowest BCUT2D eigenvalue weighted by Crippen LogP contribution is -3.61. The summed E-state index contributed by atoms with van der Waals surface area (Å²) in [6.07, 6.45) is 0. The molecule has 0 aliphatic heterocycles. The molecule has 3 aromatic rings. The monoisotopic (exact) mass is 542 g/mol. The predicted molar refractivity (Wildman–Crippen MR) is 109 cm³/mol. The molecule has 0 unspecified atom stereocenters. The number of aryl methyl sites for hydroxylation is 1. The molecule has 0 heterocycles. The second-order valence-corrected chi connectivity index (χ2v) is 10.2. The van der Waals surface area contributed by atoms with Crippen molar-refractivity contribution in [2.75, 3.05) is 21.3 Å². The number of rotatable bonds is 6. The zero-order valence-electron chi connectivity index (χ0n) is 17.1. The summed E-state index contributed by atoms with van der Waals surface area (Å²) in [7, 11) is 0.716. The Morgan fingerprint density at radius 2 is 1.33 bits per heavy atom. The van der Waals surface area contributed by atoms with Crippen LogP contribution in [0.2, 0.25) is 0 Å². The van der Waals surface area contributed by atoms with Gasteiger partial charge in [0.25, 0.3) is 3.57 Å². The van der Waals surface area contributed by atoms with E-state index in [4.69, 9.17) is 14.2 Å². The molecular formula is C22H23IO6S. The third-order valence-corrected chi connectivity index (χ3v) is 7.70. The molecule has 6 nitrogen and oxygen atoms in total. The lowest BCUT2D eigenvalue weighted by molar-refractivity contribution is -0.598. The van der Waals surface area contributed by atoms with Crippen LogP contribution in [0.4, 0.5) is 0 Å². The number of methoxy groups -OCH3 is 3. The largest absolute Gasteiger partial charge is 0.744 e. The van der Waals surface area contributed by atoms with E-state index < -0.39 is 10.1 Å². The summed E-state index contributed by atoms with van der Waals surface area (Å²) < 4.78 is 49.8. The van der Waals surface area contributed by atoms with Crippen LogP contribution in [0.5, 0.6) is 17.2 Å². The fraction of sp³-hybridized carbons (Fsp3) is 0.182. The summed E-state index contributed by atoms with van der Waals surface area (Å²) in [5, 5.41) is 0. The van der Waals surface area contributed by atoms with Crippen LogP contribution in [0.25, 0.3) is 0 Å². The Balaban J connectivity index is 0.000000248. The van der Waals surface area contributed by atoms with E-state index in [2.05, 4.69) is 24.3 Å². The Hall–Kier alpha value is -2.30. The zero-order valence-corrected chi connectivity index (χ0v) is 20.1. The van der Waals surface area contributed by atoms with Gasteiger partial charge >= 0.3 is 21.2 Å². The number of halogens is 1. The van der Waals surface area contributed by atoms with Crippen LogP contribution in [0.1, 0.15) is 5.56 Å². The Kier molecular flexibility index (Phi) is 8.94. The van der Waals surface area contributed by atoms with Crippen LogP contribution in [-0.2, 0) is 10.1 Å². The van der Waals surface area contributed by atoms with Gasteiger partial charge in [-0.1, -0.05) is 35.9 Å². The van der Waals surface area contributed by atoms with Gasteiger partial charge in [-0.15, -0.1) is 0 Å². The van der Waals surface area contributed by atoms with Gasteiger partial charge in [0.1, 0.15) is 15.9 Å². The highest BCUT2D eigenvalue weighted by molar-refractivity contribution is 7.85. The minimum Gasteiger partial charge on any atom is -0.744 e. The second-order valence-electron chi connectivity index (χ2n) is 6.00. The SMILES string of the molecule is COc1cc(OC)c([I+]c2ccccc2)c(OC)c1.Cc1ccc(S(=O)(=O)[O-])cc1. The number of ether oxygens (including phenoxy) is 3. The van der Waals surface area contributed by atoms with E-state index in [0.717, 1.165) is 26.4 Å². The first-order chi connectivity index (χ1) is 14.3. The lowest BCUT2D eigenvalue weighted by atomic mass is 10.2. The van der Waals surface area contributed by atoms with E-state index in [1.54, 1.807) is 33.5 Å². The lowest BCUT2D eigenvalue weighted by Gasteiger charge is -2.08. The van der Waals surface area contributed by atoms with Crippen molar-refractivity contribution in [2.24, 2.45) is 0 Å². The molecule has 3 rings (SSSR count). The highest BCUT2D eigenvalue weighted by atomic mass is 127. The van der Waals surface area contributed by atoms with Gasteiger partial charge in [-0.2, -0.15) is 0 Å². The normalized spacial score (nSPS) is 10.6. The van der Waals surface area contributed by atoms with Crippen molar-refractivity contribution in [3.63, 3.8) is 0 Å². The molecule has 0 aromatic heterocycles. The van der Waals surface area contributed by atoms with E-state index in [-0.39, 0.29) is 26.1 Å². The van der Waals surface area contributed by atoms with Crippen molar-refractivity contribution in [1.82, 2.24) is 0 Å². The fourth-order valence-electron chi connectivity index (χ4n) is 2.35. The summed E-state index contributed by atoms with van der Waals surface area (Å²) >= 11 is -0.351. The molecule has 3 aromatic carbocycles. The Morgan fingerprint density at radius 1 is 0.800 bits per heavy atom. The average molecular weight is 542 g/mol. The minimum absolute atomic E-state index is 0.178.